The van der Waals surface area contributed by atoms with E-state index in [4.69, 9.17) is 16.9 Å². The standard InChI is InChI=1S/C22H21ClN4/c23-22-19(14-18-4-1-2-5-21(18)25-22)16-26-10-3-11-27(13-12-26)20-8-6-17(15-24)7-9-20/h1-2,4-9,14H,3,10-13,16H2. The number of benzene rings is 2. The van der Waals surface area contributed by atoms with E-state index in [0.29, 0.717) is 10.7 Å². The predicted octanol–water partition coefficient (Wildman–Crippen LogP) is 4.47. The Morgan fingerprint density at radius 2 is 1.81 bits per heavy atom. The van der Waals surface area contributed by atoms with Crippen LogP contribution in [0.15, 0.2) is 54.6 Å². The molecule has 4 rings (SSSR count). The van der Waals surface area contributed by atoms with Gasteiger partial charge in [0.2, 0.25) is 0 Å². The van der Waals surface area contributed by atoms with Crippen LogP contribution in [0.5, 0.6) is 0 Å². The molecule has 2 heterocycles. The molecular formula is C22H21ClN4. The third-order valence-electron chi connectivity index (χ3n) is 5.09. The molecule has 1 aromatic heterocycles. The molecule has 0 spiro atoms. The monoisotopic (exact) mass is 376 g/mol. The van der Waals surface area contributed by atoms with Crippen LogP contribution in [0.1, 0.15) is 17.5 Å². The van der Waals surface area contributed by atoms with Crippen LogP contribution >= 0.6 is 11.6 Å². The highest BCUT2D eigenvalue weighted by Gasteiger charge is 2.17. The molecule has 0 radical (unpaired) electrons. The number of fused-ring (bicyclic) bond motifs is 1. The van der Waals surface area contributed by atoms with Crippen LogP contribution in [0, 0.1) is 11.3 Å². The van der Waals surface area contributed by atoms with Crippen molar-refractivity contribution in [2.24, 2.45) is 0 Å². The van der Waals surface area contributed by atoms with Crippen LogP contribution in [0.3, 0.4) is 0 Å². The van der Waals surface area contributed by atoms with Gasteiger partial charge in [0, 0.05) is 49.4 Å². The van der Waals surface area contributed by atoms with Crippen LogP contribution in [0.4, 0.5) is 5.69 Å². The molecule has 5 heteroatoms. The Morgan fingerprint density at radius 1 is 1.00 bits per heavy atom. The minimum absolute atomic E-state index is 0.599. The number of pyridine rings is 1. The first-order valence-electron chi connectivity index (χ1n) is 9.24. The number of hydrogen-bond donors (Lipinski definition) is 0. The fourth-order valence-electron chi connectivity index (χ4n) is 3.62. The first kappa shape index (κ1) is 17.8. The number of para-hydroxylation sites is 1. The minimum Gasteiger partial charge on any atom is -0.370 e. The zero-order chi connectivity index (χ0) is 18.6. The topological polar surface area (TPSA) is 43.2 Å². The van der Waals surface area contributed by atoms with E-state index in [1.54, 1.807) is 0 Å². The molecule has 1 fully saturated rings. The third kappa shape index (κ3) is 4.05. The molecule has 1 aliphatic heterocycles. The molecule has 1 aliphatic rings. The zero-order valence-corrected chi connectivity index (χ0v) is 15.9. The maximum Gasteiger partial charge on any atom is 0.134 e. The van der Waals surface area contributed by atoms with Crippen molar-refractivity contribution in [1.82, 2.24) is 9.88 Å². The van der Waals surface area contributed by atoms with Gasteiger partial charge in [-0.3, -0.25) is 4.90 Å². The summed E-state index contributed by atoms with van der Waals surface area (Å²) in [6.07, 6.45) is 1.10. The number of anilines is 1. The Labute approximate surface area is 164 Å². The number of rotatable bonds is 3. The fourth-order valence-corrected chi connectivity index (χ4v) is 3.83. The van der Waals surface area contributed by atoms with Gasteiger partial charge < -0.3 is 4.90 Å². The van der Waals surface area contributed by atoms with E-state index in [-0.39, 0.29) is 0 Å². The van der Waals surface area contributed by atoms with Gasteiger partial charge in [-0.15, -0.1) is 0 Å². The van der Waals surface area contributed by atoms with Gasteiger partial charge in [-0.25, -0.2) is 4.98 Å². The molecule has 0 atom stereocenters. The second-order valence-corrected chi connectivity index (χ2v) is 7.26. The summed E-state index contributed by atoms with van der Waals surface area (Å²) in [4.78, 5) is 9.38. The lowest BCUT2D eigenvalue weighted by molar-refractivity contribution is 0.285. The Kier molecular flexibility index (Phi) is 5.24. The molecule has 0 N–H and O–H groups in total. The van der Waals surface area contributed by atoms with Gasteiger partial charge in [0.25, 0.3) is 0 Å². The van der Waals surface area contributed by atoms with Gasteiger partial charge in [-0.1, -0.05) is 29.8 Å². The summed E-state index contributed by atoms with van der Waals surface area (Å²) in [5.41, 5.74) is 3.91. The second-order valence-electron chi connectivity index (χ2n) is 6.91. The van der Waals surface area contributed by atoms with Crippen LogP contribution in [0.25, 0.3) is 10.9 Å². The van der Waals surface area contributed by atoms with Crippen LogP contribution in [0.2, 0.25) is 5.15 Å². The molecule has 2 aromatic carbocycles. The Bertz CT molecular complexity index is 978. The van der Waals surface area contributed by atoms with Crippen molar-refractivity contribution in [2.45, 2.75) is 13.0 Å². The lowest BCUT2D eigenvalue weighted by atomic mass is 10.1. The molecule has 27 heavy (non-hydrogen) atoms. The summed E-state index contributed by atoms with van der Waals surface area (Å²) >= 11 is 6.44. The van der Waals surface area contributed by atoms with Gasteiger partial charge in [-0.05, 0) is 42.8 Å². The molecule has 0 bridgehead atoms. The molecule has 1 saturated heterocycles. The first-order valence-corrected chi connectivity index (χ1v) is 9.62. The molecule has 0 aliphatic carbocycles. The van der Waals surface area contributed by atoms with Gasteiger partial charge in [-0.2, -0.15) is 5.26 Å². The number of halogens is 1. The number of nitriles is 1. The molecular weight excluding hydrogens is 356 g/mol. The molecule has 4 nitrogen and oxygen atoms in total. The Morgan fingerprint density at radius 3 is 2.63 bits per heavy atom. The maximum atomic E-state index is 8.96. The summed E-state index contributed by atoms with van der Waals surface area (Å²) in [6.45, 7) is 4.81. The molecule has 0 saturated carbocycles. The Balaban J connectivity index is 1.45. The molecule has 0 unspecified atom stereocenters. The fraction of sp³-hybridized carbons (Fsp3) is 0.273. The van der Waals surface area contributed by atoms with E-state index < -0.39 is 0 Å². The van der Waals surface area contributed by atoms with Crippen LogP contribution in [-0.2, 0) is 6.54 Å². The van der Waals surface area contributed by atoms with E-state index in [1.807, 2.05) is 42.5 Å². The highest BCUT2D eigenvalue weighted by molar-refractivity contribution is 6.30. The number of nitrogens with zero attached hydrogens (tertiary/aromatic N) is 4. The van der Waals surface area contributed by atoms with E-state index >= 15 is 0 Å². The SMILES string of the molecule is N#Cc1ccc(N2CCCN(Cc3cc4ccccc4nc3Cl)CC2)cc1. The van der Waals surface area contributed by atoms with Gasteiger partial charge in [0.05, 0.1) is 17.1 Å². The van der Waals surface area contributed by atoms with Crippen molar-refractivity contribution < 1.29 is 0 Å². The van der Waals surface area contributed by atoms with Crippen molar-refractivity contribution in [3.63, 3.8) is 0 Å². The maximum absolute atomic E-state index is 8.96. The Hall–Kier alpha value is -2.61. The third-order valence-corrected chi connectivity index (χ3v) is 5.42. The van der Waals surface area contributed by atoms with Gasteiger partial charge in [0.1, 0.15) is 5.15 Å². The zero-order valence-electron chi connectivity index (χ0n) is 15.1. The summed E-state index contributed by atoms with van der Waals surface area (Å²) in [5.74, 6) is 0. The lowest BCUT2D eigenvalue weighted by Crippen LogP contribution is -2.30. The minimum atomic E-state index is 0.599. The highest BCUT2D eigenvalue weighted by atomic mass is 35.5. The van der Waals surface area contributed by atoms with Crippen molar-refractivity contribution in [1.29, 1.82) is 5.26 Å². The summed E-state index contributed by atoms with van der Waals surface area (Å²) in [6, 6.07) is 20.3. The molecule has 3 aromatic rings. The van der Waals surface area contributed by atoms with Crippen LogP contribution < -0.4 is 4.90 Å². The average Bonchev–Trinajstić information content (AvgIpc) is 2.94. The number of aromatic nitrogens is 1. The summed E-state index contributed by atoms with van der Waals surface area (Å²) in [5, 5.41) is 10.7. The highest BCUT2D eigenvalue weighted by Crippen LogP contribution is 2.23. The smallest absolute Gasteiger partial charge is 0.134 e. The van der Waals surface area contributed by atoms with Crippen molar-refractivity contribution in [3.8, 4) is 6.07 Å². The van der Waals surface area contributed by atoms with E-state index in [1.165, 1.54) is 5.69 Å². The second kappa shape index (κ2) is 7.96. The largest absolute Gasteiger partial charge is 0.370 e. The lowest BCUT2D eigenvalue weighted by Gasteiger charge is -2.24. The van der Waals surface area contributed by atoms with Crippen molar-refractivity contribution >= 4 is 28.2 Å². The first-order chi connectivity index (χ1) is 13.2. The summed E-state index contributed by atoms with van der Waals surface area (Å²) in [7, 11) is 0. The number of hydrogen-bond acceptors (Lipinski definition) is 4. The molecule has 136 valence electrons. The van der Waals surface area contributed by atoms with Gasteiger partial charge >= 0.3 is 0 Å². The average molecular weight is 377 g/mol. The van der Waals surface area contributed by atoms with Gasteiger partial charge in [0.15, 0.2) is 0 Å². The van der Waals surface area contributed by atoms with E-state index in [9.17, 15) is 0 Å². The molecule has 0 amide bonds. The quantitative estimate of drug-likeness (QED) is 0.632. The summed E-state index contributed by atoms with van der Waals surface area (Å²) < 4.78 is 0. The van der Waals surface area contributed by atoms with Crippen molar-refractivity contribution in [2.75, 3.05) is 31.1 Å². The van der Waals surface area contributed by atoms with Crippen LogP contribution in [-0.4, -0.2) is 36.1 Å². The van der Waals surface area contributed by atoms with E-state index in [2.05, 4.69) is 33.0 Å². The van der Waals surface area contributed by atoms with Crippen molar-refractivity contribution in [3.05, 3.63) is 70.9 Å². The predicted molar refractivity (Wildman–Crippen MR) is 110 cm³/mol. The normalized spacial score (nSPS) is 15.5. The van der Waals surface area contributed by atoms with E-state index in [0.717, 1.165) is 55.6 Å².